The molecule has 2 heteroatoms. The lowest BCUT2D eigenvalue weighted by atomic mass is 9.96. The van der Waals surface area contributed by atoms with Crippen LogP contribution in [-0.4, -0.2) is 0 Å². The van der Waals surface area contributed by atoms with E-state index in [4.69, 9.17) is 0 Å². The lowest BCUT2D eigenvalue weighted by molar-refractivity contribution is 1.09. The number of halogens is 2. The molecule has 0 bridgehead atoms. The highest BCUT2D eigenvalue weighted by molar-refractivity contribution is 9.15. The lowest BCUT2D eigenvalue weighted by Crippen LogP contribution is -1.93. The predicted molar refractivity (Wildman–Crippen MR) is 116 cm³/mol. The fourth-order valence-electron chi connectivity index (χ4n) is 2.62. The Morgan fingerprint density at radius 1 is 0.560 bits per heavy atom. The van der Waals surface area contributed by atoms with Crippen LogP contribution in [0.3, 0.4) is 0 Å². The Kier molecular flexibility index (Phi) is 6.43. The summed E-state index contributed by atoms with van der Waals surface area (Å²) in [4.78, 5) is 0. The van der Waals surface area contributed by atoms with Crippen molar-refractivity contribution in [2.75, 3.05) is 0 Å². The molecule has 0 nitrogen and oxygen atoms in total. The van der Waals surface area contributed by atoms with Crippen molar-refractivity contribution < 1.29 is 0 Å². The van der Waals surface area contributed by atoms with E-state index in [1.54, 1.807) is 0 Å². The third kappa shape index (κ3) is 5.04. The monoisotopic (exact) mass is 452 g/mol. The molecule has 0 aliphatic carbocycles. The van der Waals surface area contributed by atoms with Crippen LogP contribution in [0, 0.1) is 0 Å². The fourth-order valence-corrected chi connectivity index (χ4v) is 3.72. The molecule has 0 aliphatic heterocycles. The van der Waals surface area contributed by atoms with E-state index < -0.39 is 0 Å². The van der Waals surface area contributed by atoms with E-state index in [1.165, 1.54) is 16.7 Å². The van der Waals surface area contributed by atoms with Gasteiger partial charge in [0.05, 0.1) is 0 Å². The summed E-state index contributed by atoms with van der Waals surface area (Å²) >= 11 is 7.49. The quantitative estimate of drug-likeness (QED) is 0.372. The van der Waals surface area contributed by atoms with Gasteiger partial charge in [0.15, 0.2) is 0 Å². The fraction of sp³-hybridized carbons (Fsp3) is 0.0435. The first kappa shape index (κ1) is 17.9. The first-order chi connectivity index (χ1) is 12.2. The van der Waals surface area contributed by atoms with E-state index in [0.717, 1.165) is 8.96 Å². The largest absolute Gasteiger partial charge is 0.0622 e. The van der Waals surface area contributed by atoms with E-state index >= 15 is 0 Å². The summed E-state index contributed by atoms with van der Waals surface area (Å²) in [6.45, 7) is 0. The summed E-state index contributed by atoms with van der Waals surface area (Å²) in [5.74, 6) is 0.158. The molecule has 3 aromatic rings. The van der Waals surface area contributed by atoms with Crippen LogP contribution < -0.4 is 0 Å². The van der Waals surface area contributed by atoms with Gasteiger partial charge in [-0.2, -0.15) is 0 Å². The minimum atomic E-state index is 0.158. The van der Waals surface area contributed by atoms with Gasteiger partial charge in [-0.1, -0.05) is 135 Å². The molecule has 124 valence electrons. The van der Waals surface area contributed by atoms with Crippen LogP contribution in [0.15, 0.2) is 103 Å². The molecule has 0 saturated heterocycles. The topological polar surface area (TPSA) is 0 Å². The molecule has 0 aromatic heterocycles. The van der Waals surface area contributed by atoms with Crippen molar-refractivity contribution in [1.82, 2.24) is 0 Å². The second kappa shape index (κ2) is 8.98. The summed E-state index contributed by atoms with van der Waals surface area (Å²) < 4.78 is 2.18. The Labute approximate surface area is 166 Å². The van der Waals surface area contributed by atoms with Crippen molar-refractivity contribution in [2.24, 2.45) is 0 Å². The molecule has 3 aromatic carbocycles. The molecule has 0 unspecified atom stereocenters. The Morgan fingerprint density at radius 2 is 0.920 bits per heavy atom. The third-order valence-electron chi connectivity index (χ3n) is 3.94. The second-order valence-electron chi connectivity index (χ2n) is 5.70. The maximum atomic E-state index is 3.75. The van der Waals surface area contributed by atoms with Gasteiger partial charge in [0, 0.05) is 14.9 Å². The summed E-state index contributed by atoms with van der Waals surface area (Å²) in [6, 6.07) is 31.2. The Morgan fingerprint density at radius 3 is 1.32 bits per heavy atom. The lowest BCUT2D eigenvalue weighted by Gasteiger charge is -2.12. The van der Waals surface area contributed by atoms with Crippen molar-refractivity contribution in [3.63, 3.8) is 0 Å². The van der Waals surface area contributed by atoms with Crippen molar-refractivity contribution >= 4 is 40.8 Å². The molecule has 0 radical (unpaired) electrons. The zero-order valence-electron chi connectivity index (χ0n) is 13.6. The first-order valence-corrected chi connectivity index (χ1v) is 9.73. The van der Waals surface area contributed by atoms with Gasteiger partial charge in [0.25, 0.3) is 0 Å². The maximum Gasteiger partial charge on any atom is 0.0226 e. The number of allylic oxidation sites excluding steroid dienone is 2. The van der Waals surface area contributed by atoms with Gasteiger partial charge in [-0.3, -0.25) is 0 Å². The summed E-state index contributed by atoms with van der Waals surface area (Å²) in [7, 11) is 0. The molecule has 0 amide bonds. The molecular weight excluding hydrogens is 436 g/mol. The molecular formula is C23H18Br2. The summed E-state index contributed by atoms with van der Waals surface area (Å²) in [5.41, 5.74) is 3.60. The minimum Gasteiger partial charge on any atom is -0.0622 e. The second-order valence-corrected chi connectivity index (χ2v) is 7.41. The van der Waals surface area contributed by atoms with Crippen LogP contribution >= 0.6 is 31.9 Å². The van der Waals surface area contributed by atoms with Gasteiger partial charge in [0.2, 0.25) is 0 Å². The number of hydrogen-bond acceptors (Lipinski definition) is 0. The summed E-state index contributed by atoms with van der Waals surface area (Å²) in [6.07, 6.45) is 4.49. The number of hydrogen-bond donors (Lipinski definition) is 0. The van der Waals surface area contributed by atoms with Crippen molar-refractivity contribution in [3.05, 3.63) is 120 Å². The van der Waals surface area contributed by atoms with Gasteiger partial charge >= 0.3 is 0 Å². The van der Waals surface area contributed by atoms with Gasteiger partial charge in [-0.15, -0.1) is 0 Å². The highest BCUT2D eigenvalue weighted by Gasteiger charge is 2.09. The molecule has 0 spiro atoms. The van der Waals surface area contributed by atoms with E-state index in [-0.39, 0.29) is 5.92 Å². The first-order valence-electron chi connectivity index (χ1n) is 8.14. The highest BCUT2D eigenvalue weighted by atomic mass is 79.9. The average molecular weight is 454 g/mol. The van der Waals surface area contributed by atoms with Crippen LogP contribution in [0.1, 0.15) is 22.6 Å². The Bertz CT molecular complexity index is 795. The van der Waals surface area contributed by atoms with Crippen molar-refractivity contribution in [3.8, 4) is 0 Å². The number of rotatable bonds is 5. The average Bonchev–Trinajstić information content (AvgIpc) is 2.69. The molecule has 3 rings (SSSR count). The highest BCUT2D eigenvalue weighted by Crippen LogP contribution is 2.32. The van der Waals surface area contributed by atoms with Crippen LogP contribution in [0.25, 0.3) is 8.96 Å². The molecule has 0 fully saturated rings. The van der Waals surface area contributed by atoms with Gasteiger partial charge in [-0.05, 0) is 16.7 Å². The van der Waals surface area contributed by atoms with Crippen molar-refractivity contribution in [1.29, 1.82) is 0 Å². The SMILES string of the molecule is Br/C(=C\C(/C=C(\Br)c1ccccc1)c1ccccc1)c1ccccc1. The standard InChI is InChI=1S/C23H18Br2/c24-22(19-12-6-2-7-13-19)16-21(18-10-4-1-5-11-18)17-23(25)20-14-8-3-9-15-20/h1-17,21H/b22-16-,23-17-. The molecule has 0 atom stereocenters. The zero-order chi connectivity index (χ0) is 17.5. The maximum absolute atomic E-state index is 3.75. The van der Waals surface area contributed by atoms with E-state index in [2.05, 4.69) is 117 Å². The van der Waals surface area contributed by atoms with E-state index in [1.807, 2.05) is 18.2 Å². The Balaban J connectivity index is 1.99. The predicted octanol–water partition coefficient (Wildman–Crippen LogP) is 7.64. The van der Waals surface area contributed by atoms with E-state index in [0.29, 0.717) is 0 Å². The molecule has 0 heterocycles. The third-order valence-corrected chi connectivity index (χ3v) is 5.38. The van der Waals surface area contributed by atoms with E-state index in [9.17, 15) is 0 Å². The molecule has 0 saturated carbocycles. The van der Waals surface area contributed by atoms with Crippen LogP contribution in [0.4, 0.5) is 0 Å². The van der Waals surface area contributed by atoms with Crippen molar-refractivity contribution in [2.45, 2.75) is 5.92 Å². The minimum absolute atomic E-state index is 0.158. The molecule has 0 aliphatic rings. The summed E-state index contributed by atoms with van der Waals surface area (Å²) in [5, 5.41) is 0. The smallest absolute Gasteiger partial charge is 0.0226 e. The zero-order valence-corrected chi connectivity index (χ0v) is 16.8. The molecule has 25 heavy (non-hydrogen) atoms. The Hall–Kier alpha value is -1.90. The normalized spacial score (nSPS) is 12.4. The van der Waals surface area contributed by atoms with Gasteiger partial charge in [-0.25, -0.2) is 0 Å². The van der Waals surface area contributed by atoms with Gasteiger partial charge < -0.3 is 0 Å². The molecule has 0 N–H and O–H groups in total. The van der Waals surface area contributed by atoms with Crippen LogP contribution in [-0.2, 0) is 0 Å². The number of benzene rings is 3. The van der Waals surface area contributed by atoms with Crippen LogP contribution in [0.2, 0.25) is 0 Å². The van der Waals surface area contributed by atoms with Gasteiger partial charge in [0.1, 0.15) is 0 Å². The van der Waals surface area contributed by atoms with Crippen LogP contribution in [0.5, 0.6) is 0 Å².